The molecule has 0 spiro atoms. The zero-order valence-electron chi connectivity index (χ0n) is 11.8. The predicted octanol–water partition coefficient (Wildman–Crippen LogP) is 1.52. The molecule has 0 aliphatic carbocycles. The van der Waals surface area contributed by atoms with Gasteiger partial charge in [-0.3, -0.25) is 4.79 Å². The number of carbonyl (C=O) groups is 1. The molecular weight excluding hydrogens is 292 g/mol. The first kappa shape index (κ1) is 14.5. The lowest BCUT2D eigenvalue weighted by molar-refractivity contribution is -0.131. The minimum atomic E-state index is -0.267. The number of anilines is 1. The molecule has 0 aromatic heterocycles. The molecule has 5 nitrogen and oxygen atoms in total. The molecule has 0 atom stereocenters. The third-order valence-corrected chi connectivity index (χ3v) is 4.26. The molecule has 2 heterocycles. The maximum Gasteiger partial charge on any atom is 0.242 e. The van der Waals surface area contributed by atoms with Crippen molar-refractivity contribution in [2.75, 3.05) is 37.7 Å². The molecule has 1 aromatic carbocycles. The van der Waals surface area contributed by atoms with Crippen LogP contribution in [0.15, 0.2) is 18.2 Å². The average Bonchev–Trinajstić information content (AvgIpc) is 2.48. The second-order valence-electron chi connectivity index (χ2n) is 5.49. The van der Waals surface area contributed by atoms with E-state index in [1.165, 1.54) is 0 Å². The number of hydrogen-bond donors (Lipinski definition) is 1. The van der Waals surface area contributed by atoms with E-state index in [9.17, 15) is 9.90 Å². The van der Waals surface area contributed by atoms with Gasteiger partial charge in [-0.1, -0.05) is 11.6 Å². The number of benzene rings is 1. The van der Waals surface area contributed by atoms with Gasteiger partial charge >= 0.3 is 0 Å². The van der Waals surface area contributed by atoms with Crippen LogP contribution in [0.25, 0.3) is 0 Å². The molecule has 1 fully saturated rings. The lowest BCUT2D eigenvalue weighted by atomic mass is 10.1. The molecular formula is C15H19ClN2O3. The molecule has 3 rings (SSSR count). The van der Waals surface area contributed by atoms with Crippen LogP contribution < -0.4 is 9.64 Å². The minimum absolute atomic E-state index is 0.0923. The van der Waals surface area contributed by atoms with Gasteiger partial charge < -0.3 is 19.6 Å². The van der Waals surface area contributed by atoms with Crippen molar-refractivity contribution < 1.29 is 14.6 Å². The first-order valence-corrected chi connectivity index (χ1v) is 7.64. The van der Waals surface area contributed by atoms with Gasteiger partial charge in [0.05, 0.1) is 24.9 Å². The molecule has 0 saturated carbocycles. The Morgan fingerprint density at radius 1 is 1.33 bits per heavy atom. The quantitative estimate of drug-likeness (QED) is 0.900. The largest absolute Gasteiger partial charge is 0.490 e. The molecule has 0 bridgehead atoms. The summed E-state index contributed by atoms with van der Waals surface area (Å²) in [5.41, 5.74) is 0.874. The third kappa shape index (κ3) is 3.24. The number of carbonyl (C=O) groups excluding carboxylic acids is 1. The number of amides is 1. The van der Waals surface area contributed by atoms with E-state index >= 15 is 0 Å². The van der Waals surface area contributed by atoms with Gasteiger partial charge in [-0.15, -0.1) is 0 Å². The topological polar surface area (TPSA) is 53.0 Å². The Morgan fingerprint density at radius 2 is 2.10 bits per heavy atom. The van der Waals surface area contributed by atoms with Crippen molar-refractivity contribution in [2.45, 2.75) is 18.9 Å². The molecule has 6 heteroatoms. The lowest BCUT2D eigenvalue weighted by Crippen LogP contribution is -2.46. The summed E-state index contributed by atoms with van der Waals surface area (Å²) in [4.78, 5) is 16.2. The van der Waals surface area contributed by atoms with E-state index in [1.54, 1.807) is 6.07 Å². The standard InChI is InChI=1S/C15H19ClN2O3/c16-11-1-2-14-13(9-11)18(7-8-21-14)10-15(20)17-5-3-12(19)4-6-17/h1-2,9,12,19H,3-8,10H2. The van der Waals surface area contributed by atoms with Gasteiger partial charge in [0.25, 0.3) is 0 Å². The van der Waals surface area contributed by atoms with Crippen LogP contribution in [0.4, 0.5) is 5.69 Å². The summed E-state index contributed by atoms with van der Waals surface area (Å²) in [7, 11) is 0. The number of hydrogen-bond acceptors (Lipinski definition) is 4. The van der Waals surface area contributed by atoms with Crippen LogP contribution in [0, 0.1) is 0 Å². The molecule has 2 aliphatic rings. The second kappa shape index (κ2) is 6.12. The molecule has 1 saturated heterocycles. The van der Waals surface area contributed by atoms with E-state index in [2.05, 4.69) is 0 Å². The van der Waals surface area contributed by atoms with Gasteiger partial charge in [-0.2, -0.15) is 0 Å². The molecule has 2 aliphatic heterocycles. The van der Waals surface area contributed by atoms with Crippen LogP contribution in [-0.4, -0.2) is 54.8 Å². The first-order chi connectivity index (χ1) is 10.1. The Kier molecular flexibility index (Phi) is 4.22. The summed E-state index contributed by atoms with van der Waals surface area (Å²) in [6.45, 7) is 2.84. The van der Waals surface area contributed by atoms with Crippen LogP contribution in [0.5, 0.6) is 5.75 Å². The fourth-order valence-electron chi connectivity index (χ4n) is 2.79. The number of nitrogens with zero attached hydrogens (tertiary/aromatic N) is 2. The Morgan fingerprint density at radius 3 is 2.86 bits per heavy atom. The fraction of sp³-hybridized carbons (Fsp3) is 0.533. The van der Waals surface area contributed by atoms with Crippen LogP contribution in [0.3, 0.4) is 0 Å². The monoisotopic (exact) mass is 310 g/mol. The second-order valence-corrected chi connectivity index (χ2v) is 5.93. The lowest BCUT2D eigenvalue weighted by Gasteiger charge is -2.34. The van der Waals surface area contributed by atoms with Gasteiger partial charge in [-0.05, 0) is 31.0 Å². The highest BCUT2D eigenvalue weighted by Gasteiger charge is 2.25. The van der Waals surface area contributed by atoms with E-state index in [0.717, 1.165) is 11.4 Å². The number of aliphatic hydroxyl groups excluding tert-OH is 1. The van der Waals surface area contributed by atoms with E-state index in [-0.39, 0.29) is 12.0 Å². The fourth-order valence-corrected chi connectivity index (χ4v) is 2.96. The van der Waals surface area contributed by atoms with Crippen LogP contribution >= 0.6 is 11.6 Å². The molecule has 0 radical (unpaired) electrons. The van der Waals surface area contributed by atoms with Gasteiger partial charge in [0.15, 0.2) is 0 Å². The number of piperidine rings is 1. The van der Waals surface area contributed by atoms with Crippen LogP contribution in [0.2, 0.25) is 5.02 Å². The van der Waals surface area contributed by atoms with Gasteiger partial charge in [0.1, 0.15) is 12.4 Å². The van der Waals surface area contributed by atoms with Crippen molar-refractivity contribution in [3.8, 4) is 5.75 Å². The van der Waals surface area contributed by atoms with Crippen LogP contribution in [-0.2, 0) is 4.79 Å². The van der Waals surface area contributed by atoms with Crippen molar-refractivity contribution in [1.29, 1.82) is 0 Å². The Balaban J connectivity index is 1.68. The number of fused-ring (bicyclic) bond motifs is 1. The zero-order chi connectivity index (χ0) is 14.8. The maximum absolute atomic E-state index is 12.4. The number of rotatable bonds is 2. The molecule has 1 aromatic rings. The summed E-state index contributed by atoms with van der Waals surface area (Å²) in [5.74, 6) is 0.863. The molecule has 114 valence electrons. The molecule has 0 unspecified atom stereocenters. The van der Waals surface area contributed by atoms with E-state index < -0.39 is 0 Å². The van der Waals surface area contributed by atoms with Gasteiger partial charge in [-0.25, -0.2) is 0 Å². The maximum atomic E-state index is 12.4. The van der Waals surface area contributed by atoms with Gasteiger partial charge in [0.2, 0.25) is 5.91 Å². The van der Waals surface area contributed by atoms with Crippen molar-refractivity contribution in [2.24, 2.45) is 0 Å². The predicted molar refractivity (Wildman–Crippen MR) is 81.0 cm³/mol. The Hall–Kier alpha value is -1.46. The summed E-state index contributed by atoms with van der Waals surface area (Å²) in [5, 5.41) is 10.1. The molecule has 1 amide bonds. The Labute approximate surface area is 129 Å². The normalized spacial score (nSPS) is 19.1. The summed E-state index contributed by atoms with van der Waals surface area (Å²) in [6, 6.07) is 5.46. The van der Waals surface area contributed by atoms with Crippen molar-refractivity contribution in [3.63, 3.8) is 0 Å². The molecule has 1 N–H and O–H groups in total. The minimum Gasteiger partial charge on any atom is -0.490 e. The van der Waals surface area contributed by atoms with Crippen molar-refractivity contribution in [1.82, 2.24) is 4.90 Å². The smallest absolute Gasteiger partial charge is 0.242 e. The number of likely N-dealkylation sites (tertiary alicyclic amines) is 1. The zero-order valence-corrected chi connectivity index (χ0v) is 12.6. The van der Waals surface area contributed by atoms with Crippen LogP contribution in [0.1, 0.15) is 12.8 Å². The van der Waals surface area contributed by atoms with E-state index in [4.69, 9.17) is 16.3 Å². The number of halogens is 1. The third-order valence-electron chi connectivity index (χ3n) is 4.02. The highest BCUT2D eigenvalue weighted by Crippen LogP contribution is 2.33. The van der Waals surface area contributed by atoms with E-state index in [0.29, 0.717) is 50.7 Å². The SMILES string of the molecule is O=C(CN1CCOc2ccc(Cl)cc21)N1CCC(O)CC1. The highest BCUT2D eigenvalue weighted by atomic mass is 35.5. The average molecular weight is 311 g/mol. The summed E-state index contributed by atoms with van der Waals surface area (Å²) < 4.78 is 5.59. The molecule has 21 heavy (non-hydrogen) atoms. The highest BCUT2D eigenvalue weighted by molar-refractivity contribution is 6.31. The van der Waals surface area contributed by atoms with E-state index in [1.807, 2.05) is 21.9 Å². The summed E-state index contributed by atoms with van der Waals surface area (Å²) >= 11 is 6.04. The first-order valence-electron chi connectivity index (χ1n) is 7.26. The number of aliphatic hydroxyl groups is 1. The van der Waals surface area contributed by atoms with Crippen molar-refractivity contribution in [3.05, 3.63) is 23.2 Å². The number of ether oxygens (including phenoxy) is 1. The van der Waals surface area contributed by atoms with Crippen molar-refractivity contribution >= 4 is 23.2 Å². The Bertz CT molecular complexity index is 530. The van der Waals surface area contributed by atoms with Gasteiger partial charge in [0, 0.05) is 18.1 Å². The summed E-state index contributed by atoms with van der Waals surface area (Å²) in [6.07, 6.45) is 1.06.